The van der Waals surface area contributed by atoms with Crippen LogP contribution >= 0.6 is 0 Å². The van der Waals surface area contributed by atoms with Crippen LogP contribution in [-0.4, -0.2) is 37.2 Å². The number of guanidine groups is 1. The van der Waals surface area contributed by atoms with Crippen molar-refractivity contribution in [2.75, 3.05) is 20.2 Å². The molecule has 2 heterocycles. The molecule has 0 aliphatic carbocycles. The number of aliphatic imine (C=N–C) groups is 1. The smallest absolute Gasteiger partial charge is 0.191 e. The average Bonchev–Trinajstić information content (AvgIpc) is 2.55. The lowest BCUT2D eigenvalue weighted by molar-refractivity contribution is -0.0835. The predicted octanol–water partition coefficient (Wildman–Crippen LogP) is 2.59. The highest BCUT2D eigenvalue weighted by atomic mass is 16.5. The fourth-order valence-electron chi connectivity index (χ4n) is 3.13. The topological polar surface area (TPSA) is 58.5 Å². The lowest BCUT2D eigenvalue weighted by atomic mass is 9.78. The maximum Gasteiger partial charge on any atom is 0.191 e. The average molecular weight is 318 g/mol. The molecular weight excluding hydrogens is 288 g/mol. The Morgan fingerprint density at radius 3 is 2.83 bits per heavy atom. The van der Waals surface area contributed by atoms with Gasteiger partial charge in [-0.3, -0.25) is 9.98 Å². The number of nitrogens with one attached hydrogen (secondary N) is 2. The summed E-state index contributed by atoms with van der Waals surface area (Å²) in [6, 6.07) is 5.92. The summed E-state index contributed by atoms with van der Waals surface area (Å²) in [6.07, 6.45) is 4.43. The van der Waals surface area contributed by atoms with Gasteiger partial charge in [0, 0.05) is 32.3 Å². The first kappa shape index (κ1) is 17.7. The zero-order chi connectivity index (χ0) is 16.7. The highest BCUT2D eigenvalue weighted by molar-refractivity contribution is 5.79. The summed E-state index contributed by atoms with van der Waals surface area (Å²) < 4.78 is 6.04. The minimum atomic E-state index is 0.164. The van der Waals surface area contributed by atoms with Gasteiger partial charge in [-0.25, -0.2) is 0 Å². The van der Waals surface area contributed by atoms with Crippen molar-refractivity contribution in [2.24, 2.45) is 16.3 Å². The van der Waals surface area contributed by atoms with E-state index in [9.17, 15) is 0 Å². The highest BCUT2D eigenvalue weighted by Gasteiger charge is 2.35. The number of hydrogen-bond donors (Lipinski definition) is 2. The minimum absolute atomic E-state index is 0.164. The number of ether oxygens (including phenoxy) is 1. The van der Waals surface area contributed by atoms with Gasteiger partial charge in [0.2, 0.25) is 0 Å². The fraction of sp³-hybridized carbons (Fsp3) is 0.667. The maximum atomic E-state index is 6.04. The van der Waals surface area contributed by atoms with Crippen LogP contribution in [0.3, 0.4) is 0 Å². The Labute approximate surface area is 139 Å². The van der Waals surface area contributed by atoms with Gasteiger partial charge in [-0.2, -0.15) is 0 Å². The molecule has 1 saturated heterocycles. The van der Waals surface area contributed by atoms with Crippen LogP contribution < -0.4 is 10.6 Å². The third-order valence-electron chi connectivity index (χ3n) is 4.22. The molecule has 0 radical (unpaired) electrons. The largest absolute Gasteiger partial charge is 0.377 e. The molecule has 0 aromatic carbocycles. The van der Waals surface area contributed by atoms with Gasteiger partial charge in [-0.1, -0.05) is 26.8 Å². The van der Waals surface area contributed by atoms with Crippen LogP contribution in [0.2, 0.25) is 0 Å². The van der Waals surface area contributed by atoms with Gasteiger partial charge < -0.3 is 15.4 Å². The summed E-state index contributed by atoms with van der Waals surface area (Å²) in [7, 11) is 1.80. The van der Waals surface area contributed by atoms with Gasteiger partial charge in [0.15, 0.2) is 5.96 Å². The standard InChI is InChI=1S/C18H30N4O/c1-18(2,3)16-14(8-7-11-23-16)12-21-17(19-4)22-13-15-9-5-6-10-20-15/h5-6,9-10,14,16H,7-8,11-13H2,1-4H3,(H2,19,21,22). The molecule has 0 bridgehead atoms. The molecule has 2 N–H and O–H groups in total. The van der Waals surface area contributed by atoms with Crippen molar-refractivity contribution < 1.29 is 4.74 Å². The molecule has 1 aliphatic heterocycles. The number of aromatic nitrogens is 1. The van der Waals surface area contributed by atoms with E-state index in [1.165, 1.54) is 6.42 Å². The Bertz CT molecular complexity index is 495. The monoisotopic (exact) mass is 318 g/mol. The lowest BCUT2D eigenvalue weighted by Crippen LogP contribution is -2.47. The Morgan fingerprint density at radius 1 is 1.35 bits per heavy atom. The second-order valence-corrected chi connectivity index (χ2v) is 7.19. The van der Waals surface area contributed by atoms with Crippen LogP contribution in [0.1, 0.15) is 39.3 Å². The summed E-state index contributed by atoms with van der Waals surface area (Å²) >= 11 is 0. The van der Waals surface area contributed by atoms with Crippen LogP contribution in [0.15, 0.2) is 29.4 Å². The number of nitrogens with zero attached hydrogens (tertiary/aromatic N) is 2. The maximum absolute atomic E-state index is 6.04. The summed E-state index contributed by atoms with van der Waals surface area (Å²) in [6.45, 7) is 9.19. The first-order chi connectivity index (χ1) is 11.0. The minimum Gasteiger partial charge on any atom is -0.377 e. The van der Waals surface area contributed by atoms with E-state index in [1.54, 1.807) is 13.2 Å². The molecule has 2 unspecified atom stereocenters. The van der Waals surface area contributed by atoms with E-state index in [1.807, 2.05) is 18.2 Å². The first-order valence-electron chi connectivity index (χ1n) is 8.46. The molecule has 128 valence electrons. The summed E-state index contributed by atoms with van der Waals surface area (Å²) in [5.74, 6) is 1.33. The van der Waals surface area contributed by atoms with Crippen molar-refractivity contribution in [1.82, 2.24) is 15.6 Å². The van der Waals surface area contributed by atoms with Gasteiger partial charge in [-0.15, -0.1) is 0 Å². The molecule has 0 saturated carbocycles. The number of rotatable bonds is 4. The normalized spacial score (nSPS) is 22.7. The highest BCUT2D eigenvalue weighted by Crippen LogP contribution is 2.33. The SMILES string of the molecule is CN=C(NCc1ccccn1)NCC1CCCOC1C(C)(C)C. The molecule has 2 rings (SSSR count). The molecule has 1 aliphatic rings. The van der Waals surface area contributed by atoms with Gasteiger partial charge in [0.1, 0.15) is 0 Å². The zero-order valence-electron chi connectivity index (χ0n) is 14.8. The predicted molar refractivity (Wildman–Crippen MR) is 94.4 cm³/mol. The van der Waals surface area contributed by atoms with Crippen molar-refractivity contribution in [2.45, 2.75) is 46.3 Å². The molecule has 0 amide bonds. The van der Waals surface area contributed by atoms with Crippen LogP contribution in [-0.2, 0) is 11.3 Å². The second-order valence-electron chi connectivity index (χ2n) is 7.19. The fourth-order valence-corrected chi connectivity index (χ4v) is 3.13. The first-order valence-corrected chi connectivity index (χ1v) is 8.46. The molecule has 5 heteroatoms. The van der Waals surface area contributed by atoms with E-state index >= 15 is 0 Å². The van der Waals surface area contributed by atoms with Crippen molar-refractivity contribution in [3.05, 3.63) is 30.1 Å². The molecule has 2 atom stereocenters. The number of hydrogen-bond acceptors (Lipinski definition) is 3. The molecular formula is C18H30N4O. The second kappa shape index (κ2) is 8.29. The van der Waals surface area contributed by atoms with E-state index in [4.69, 9.17) is 4.74 Å². The molecule has 1 fully saturated rings. The zero-order valence-corrected chi connectivity index (χ0v) is 14.8. The van der Waals surface area contributed by atoms with E-state index < -0.39 is 0 Å². The van der Waals surface area contributed by atoms with Crippen LogP contribution in [0.4, 0.5) is 0 Å². The van der Waals surface area contributed by atoms with E-state index in [0.717, 1.165) is 31.2 Å². The third-order valence-corrected chi connectivity index (χ3v) is 4.22. The van der Waals surface area contributed by atoms with Crippen molar-refractivity contribution >= 4 is 5.96 Å². The molecule has 1 aromatic rings. The quantitative estimate of drug-likeness (QED) is 0.662. The third kappa shape index (κ3) is 5.50. The van der Waals surface area contributed by atoms with Crippen LogP contribution in [0, 0.1) is 11.3 Å². The Morgan fingerprint density at radius 2 is 2.17 bits per heavy atom. The summed E-state index contributed by atoms with van der Waals surface area (Å²) in [5.41, 5.74) is 1.17. The molecule has 1 aromatic heterocycles. The molecule has 23 heavy (non-hydrogen) atoms. The van der Waals surface area contributed by atoms with Crippen molar-refractivity contribution in [3.63, 3.8) is 0 Å². The Kier molecular flexibility index (Phi) is 6.39. The summed E-state index contributed by atoms with van der Waals surface area (Å²) in [5, 5.41) is 6.76. The van der Waals surface area contributed by atoms with Crippen LogP contribution in [0.25, 0.3) is 0 Å². The van der Waals surface area contributed by atoms with Gasteiger partial charge in [-0.05, 0) is 30.4 Å². The van der Waals surface area contributed by atoms with Gasteiger partial charge >= 0.3 is 0 Å². The summed E-state index contributed by atoms with van der Waals surface area (Å²) in [4.78, 5) is 8.61. The van der Waals surface area contributed by atoms with E-state index in [2.05, 4.69) is 41.4 Å². The number of pyridine rings is 1. The Hall–Kier alpha value is -1.62. The molecule has 0 spiro atoms. The Balaban J connectivity index is 1.84. The van der Waals surface area contributed by atoms with Crippen molar-refractivity contribution in [3.8, 4) is 0 Å². The van der Waals surface area contributed by atoms with Crippen molar-refractivity contribution in [1.29, 1.82) is 0 Å². The van der Waals surface area contributed by atoms with Gasteiger partial charge in [0.25, 0.3) is 0 Å². The van der Waals surface area contributed by atoms with Gasteiger partial charge in [0.05, 0.1) is 18.3 Å². The van der Waals surface area contributed by atoms with E-state index in [-0.39, 0.29) is 11.5 Å². The lowest BCUT2D eigenvalue weighted by Gasteiger charge is -2.40. The van der Waals surface area contributed by atoms with E-state index in [0.29, 0.717) is 12.5 Å². The van der Waals surface area contributed by atoms with Crippen LogP contribution in [0.5, 0.6) is 0 Å². The molecule has 5 nitrogen and oxygen atoms in total.